The lowest BCUT2D eigenvalue weighted by molar-refractivity contribution is -0.137. The molecule has 0 unspecified atom stereocenters. The summed E-state index contributed by atoms with van der Waals surface area (Å²) >= 11 is 0. The predicted octanol–water partition coefficient (Wildman–Crippen LogP) is 3.37. The molecule has 0 heterocycles. The second-order valence-corrected chi connectivity index (χ2v) is 4.90. The van der Waals surface area contributed by atoms with Crippen LogP contribution in [0.2, 0.25) is 0 Å². The van der Waals surface area contributed by atoms with Crippen molar-refractivity contribution >= 4 is 5.91 Å². The van der Waals surface area contributed by atoms with Crippen LogP contribution in [-0.2, 0) is 6.18 Å². The summed E-state index contributed by atoms with van der Waals surface area (Å²) in [6, 6.07) is 1.83. The number of hydrogen-bond donors (Lipinski definition) is 1. The Balaban J connectivity index is 3.03. The molecular weight excluding hydrogens is 250 g/mol. The zero-order chi connectivity index (χ0) is 14.1. The second-order valence-electron chi connectivity index (χ2n) is 4.90. The van der Waals surface area contributed by atoms with Crippen LogP contribution in [0.4, 0.5) is 17.6 Å². The molecule has 0 radical (unpaired) electrons. The SMILES string of the molecule is CC(C)(C)NC(=O)c1ccc(C(F)(F)F)cc1F. The maximum Gasteiger partial charge on any atom is 0.416 e. The first-order valence-corrected chi connectivity index (χ1v) is 5.20. The summed E-state index contributed by atoms with van der Waals surface area (Å²) < 4.78 is 50.4. The van der Waals surface area contributed by atoms with Gasteiger partial charge in [-0.2, -0.15) is 13.2 Å². The molecule has 0 spiro atoms. The number of hydrogen-bond acceptors (Lipinski definition) is 1. The highest BCUT2D eigenvalue weighted by Crippen LogP contribution is 2.30. The Morgan fingerprint density at radius 2 is 1.72 bits per heavy atom. The molecular formula is C12H13F4NO. The van der Waals surface area contributed by atoms with Crippen LogP contribution in [0, 0.1) is 5.82 Å². The zero-order valence-corrected chi connectivity index (χ0v) is 10.2. The quantitative estimate of drug-likeness (QED) is 0.773. The first-order valence-electron chi connectivity index (χ1n) is 5.20. The Hall–Kier alpha value is -1.59. The van der Waals surface area contributed by atoms with Crippen molar-refractivity contribution in [3.63, 3.8) is 0 Å². The molecule has 2 nitrogen and oxygen atoms in total. The number of alkyl halides is 3. The standard InChI is InChI=1S/C12H13F4NO/c1-11(2,3)17-10(18)8-5-4-7(6-9(8)13)12(14,15)16/h4-6H,1-3H3,(H,17,18). The predicted molar refractivity (Wildman–Crippen MR) is 58.6 cm³/mol. The maximum absolute atomic E-state index is 13.4. The Bertz CT molecular complexity index is 460. The fourth-order valence-electron chi connectivity index (χ4n) is 1.28. The largest absolute Gasteiger partial charge is 0.416 e. The molecule has 6 heteroatoms. The van der Waals surface area contributed by atoms with Crippen molar-refractivity contribution in [3.8, 4) is 0 Å². The third-order valence-electron chi connectivity index (χ3n) is 2.03. The number of rotatable bonds is 1. The van der Waals surface area contributed by atoms with E-state index < -0.39 is 34.6 Å². The number of carbonyl (C=O) groups excluding carboxylic acids is 1. The Morgan fingerprint density at radius 3 is 2.11 bits per heavy atom. The third-order valence-corrected chi connectivity index (χ3v) is 2.03. The molecule has 0 fully saturated rings. The van der Waals surface area contributed by atoms with Gasteiger partial charge in [0.25, 0.3) is 5.91 Å². The molecule has 1 N–H and O–H groups in total. The zero-order valence-electron chi connectivity index (χ0n) is 10.2. The molecule has 1 rings (SSSR count). The minimum Gasteiger partial charge on any atom is -0.347 e. The molecule has 0 aliphatic rings. The van der Waals surface area contributed by atoms with E-state index in [4.69, 9.17) is 0 Å². The molecule has 1 amide bonds. The minimum atomic E-state index is -4.63. The van der Waals surface area contributed by atoms with E-state index in [1.165, 1.54) is 0 Å². The highest BCUT2D eigenvalue weighted by atomic mass is 19.4. The van der Waals surface area contributed by atoms with Crippen molar-refractivity contribution < 1.29 is 22.4 Å². The maximum atomic E-state index is 13.4. The number of amides is 1. The average Bonchev–Trinajstić information content (AvgIpc) is 2.12. The average molecular weight is 263 g/mol. The van der Waals surface area contributed by atoms with Crippen LogP contribution in [0.5, 0.6) is 0 Å². The first kappa shape index (κ1) is 14.5. The van der Waals surface area contributed by atoms with Crippen LogP contribution in [-0.4, -0.2) is 11.4 Å². The highest BCUT2D eigenvalue weighted by Gasteiger charge is 2.31. The molecule has 18 heavy (non-hydrogen) atoms. The monoisotopic (exact) mass is 263 g/mol. The molecule has 1 aromatic rings. The van der Waals surface area contributed by atoms with Gasteiger partial charge in [0.2, 0.25) is 0 Å². The van der Waals surface area contributed by atoms with E-state index in [0.717, 1.165) is 6.07 Å². The van der Waals surface area contributed by atoms with Crippen molar-refractivity contribution in [1.29, 1.82) is 0 Å². The van der Waals surface area contributed by atoms with Gasteiger partial charge >= 0.3 is 6.18 Å². The van der Waals surface area contributed by atoms with Gasteiger partial charge in [-0.15, -0.1) is 0 Å². The molecule has 0 aliphatic carbocycles. The Kier molecular flexibility index (Phi) is 3.69. The van der Waals surface area contributed by atoms with E-state index in [9.17, 15) is 22.4 Å². The Labute approximate surface area is 102 Å². The third kappa shape index (κ3) is 3.72. The number of benzene rings is 1. The van der Waals surface area contributed by atoms with Crippen molar-refractivity contribution in [3.05, 3.63) is 35.1 Å². The number of halogens is 4. The summed E-state index contributed by atoms with van der Waals surface area (Å²) in [5.74, 6) is -1.93. The highest BCUT2D eigenvalue weighted by molar-refractivity contribution is 5.94. The summed E-state index contributed by atoms with van der Waals surface area (Å²) in [5.41, 5.74) is -2.11. The van der Waals surface area contributed by atoms with Gasteiger partial charge < -0.3 is 5.32 Å². The smallest absolute Gasteiger partial charge is 0.347 e. The van der Waals surface area contributed by atoms with E-state index in [2.05, 4.69) is 5.32 Å². The van der Waals surface area contributed by atoms with E-state index in [1.807, 2.05) is 0 Å². The fourth-order valence-corrected chi connectivity index (χ4v) is 1.28. The molecule has 0 bridgehead atoms. The number of nitrogens with one attached hydrogen (secondary N) is 1. The van der Waals surface area contributed by atoms with Crippen LogP contribution in [0.25, 0.3) is 0 Å². The van der Waals surface area contributed by atoms with Gasteiger partial charge in [-0.1, -0.05) is 0 Å². The van der Waals surface area contributed by atoms with Crippen LogP contribution in [0.15, 0.2) is 18.2 Å². The van der Waals surface area contributed by atoms with Crippen LogP contribution in [0.1, 0.15) is 36.7 Å². The van der Waals surface area contributed by atoms with Crippen molar-refractivity contribution in [2.24, 2.45) is 0 Å². The molecule has 0 saturated heterocycles. The lowest BCUT2D eigenvalue weighted by Crippen LogP contribution is -2.40. The minimum absolute atomic E-state index is 0.317. The van der Waals surface area contributed by atoms with E-state index in [1.54, 1.807) is 20.8 Å². The van der Waals surface area contributed by atoms with Crippen LogP contribution < -0.4 is 5.32 Å². The van der Waals surface area contributed by atoms with Gasteiger partial charge in [-0.25, -0.2) is 4.39 Å². The van der Waals surface area contributed by atoms with Crippen LogP contribution in [0.3, 0.4) is 0 Å². The summed E-state index contributed by atoms with van der Waals surface area (Å²) in [7, 11) is 0. The molecule has 0 atom stereocenters. The summed E-state index contributed by atoms with van der Waals surface area (Å²) in [4.78, 5) is 11.6. The van der Waals surface area contributed by atoms with Gasteiger partial charge in [0, 0.05) is 5.54 Å². The summed E-state index contributed by atoms with van der Waals surface area (Å²) in [5, 5.41) is 2.47. The lowest BCUT2D eigenvalue weighted by atomic mass is 10.1. The molecule has 1 aromatic carbocycles. The van der Waals surface area contributed by atoms with Crippen LogP contribution >= 0.6 is 0 Å². The van der Waals surface area contributed by atoms with Gasteiger partial charge in [0.1, 0.15) is 5.82 Å². The second kappa shape index (κ2) is 4.59. The summed E-state index contributed by atoms with van der Waals surface area (Å²) in [6.07, 6.45) is -4.63. The van der Waals surface area contributed by atoms with Gasteiger partial charge in [0.15, 0.2) is 0 Å². The van der Waals surface area contributed by atoms with E-state index >= 15 is 0 Å². The molecule has 0 aromatic heterocycles. The fraction of sp³-hybridized carbons (Fsp3) is 0.417. The number of carbonyl (C=O) groups is 1. The van der Waals surface area contributed by atoms with Gasteiger partial charge in [0.05, 0.1) is 11.1 Å². The van der Waals surface area contributed by atoms with E-state index in [-0.39, 0.29) is 0 Å². The molecule has 0 saturated carbocycles. The molecule has 100 valence electrons. The lowest BCUT2D eigenvalue weighted by Gasteiger charge is -2.20. The topological polar surface area (TPSA) is 29.1 Å². The first-order chi connectivity index (χ1) is 8.00. The Morgan fingerprint density at radius 1 is 1.17 bits per heavy atom. The normalized spacial score (nSPS) is 12.4. The van der Waals surface area contributed by atoms with E-state index in [0.29, 0.717) is 12.1 Å². The summed E-state index contributed by atoms with van der Waals surface area (Å²) in [6.45, 7) is 5.06. The molecule has 0 aliphatic heterocycles. The van der Waals surface area contributed by atoms with Gasteiger partial charge in [-0.05, 0) is 39.0 Å². The van der Waals surface area contributed by atoms with Crippen molar-refractivity contribution in [2.45, 2.75) is 32.5 Å². The van der Waals surface area contributed by atoms with Crippen molar-refractivity contribution in [2.75, 3.05) is 0 Å². The van der Waals surface area contributed by atoms with Gasteiger partial charge in [-0.3, -0.25) is 4.79 Å². The van der Waals surface area contributed by atoms with Crippen molar-refractivity contribution in [1.82, 2.24) is 5.32 Å².